The molecule has 4 rings (SSSR count). The predicted molar refractivity (Wildman–Crippen MR) is 106 cm³/mol. The smallest absolute Gasteiger partial charge is 0.0759 e. The van der Waals surface area contributed by atoms with Gasteiger partial charge in [0, 0.05) is 6.54 Å². The molecule has 0 saturated heterocycles. The molecular formula is C23H39NO2. The molecule has 3 nitrogen and oxygen atoms in total. The van der Waals surface area contributed by atoms with Gasteiger partial charge in [-0.05, 0) is 94.0 Å². The number of hydrogen-bond acceptors (Lipinski definition) is 3. The quantitative estimate of drug-likeness (QED) is 0.760. The first-order valence-corrected chi connectivity index (χ1v) is 11.0. The molecule has 0 spiro atoms. The average Bonchev–Trinajstić information content (AvgIpc) is 2.90. The zero-order valence-corrected chi connectivity index (χ0v) is 17.3. The summed E-state index contributed by atoms with van der Waals surface area (Å²) in [6.07, 6.45) is 12.7. The average molecular weight is 362 g/mol. The van der Waals surface area contributed by atoms with E-state index in [1.165, 1.54) is 44.9 Å². The number of nitrogens with zero attached hydrogens (tertiary/aromatic N) is 1. The van der Waals surface area contributed by atoms with Crippen LogP contribution in [0.15, 0.2) is 11.6 Å². The molecule has 3 heteroatoms. The molecule has 0 aromatic heterocycles. The van der Waals surface area contributed by atoms with Gasteiger partial charge in [-0.1, -0.05) is 25.5 Å². The Morgan fingerprint density at radius 2 is 1.88 bits per heavy atom. The molecule has 4 aliphatic carbocycles. The summed E-state index contributed by atoms with van der Waals surface area (Å²) < 4.78 is 6.17. The van der Waals surface area contributed by atoms with Gasteiger partial charge in [0.1, 0.15) is 0 Å². The van der Waals surface area contributed by atoms with E-state index in [2.05, 4.69) is 38.9 Å². The van der Waals surface area contributed by atoms with E-state index in [0.717, 1.165) is 37.3 Å². The third kappa shape index (κ3) is 2.99. The van der Waals surface area contributed by atoms with Crippen molar-refractivity contribution in [3.05, 3.63) is 11.6 Å². The van der Waals surface area contributed by atoms with E-state index in [4.69, 9.17) is 4.74 Å². The van der Waals surface area contributed by atoms with Gasteiger partial charge >= 0.3 is 0 Å². The molecule has 3 unspecified atom stereocenters. The van der Waals surface area contributed by atoms with E-state index in [9.17, 15) is 5.11 Å². The molecule has 0 aromatic rings. The van der Waals surface area contributed by atoms with Gasteiger partial charge < -0.3 is 14.7 Å². The SMILES string of the molecule is CN(C)CCO[C@@H]1C=C2CCC3C(CC[C@@]4(C)C3CC[C@@H]4O)[C@@]2(C)CC1. The molecule has 0 aromatic carbocycles. The predicted octanol–water partition coefficient (Wildman–Crippen LogP) is 4.26. The Balaban J connectivity index is 1.49. The summed E-state index contributed by atoms with van der Waals surface area (Å²) >= 11 is 0. The third-order valence-corrected chi connectivity index (χ3v) is 8.89. The summed E-state index contributed by atoms with van der Waals surface area (Å²) in [4.78, 5) is 2.19. The van der Waals surface area contributed by atoms with E-state index in [-0.39, 0.29) is 11.5 Å². The van der Waals surface area contributed by atoms with Gasteiger partial charge in [-0.15, -0.1) is 0 Å². The van der Waals surface area contributed by atoms with E-state index in [0.29, 0.717) is 11.5 Å². The lowest BCUT2D eigenvalue weighted by Crippen LogP contribution is -2.51. The molecule has 0 aliphatic heterocycles. The summed E-state index contributed by atoms with van der Waals surface area (Å²) in [5, 5.41) is 10.6. The van der Waals surface area contributed by atoms with Crippen LogP contribution in [0.25, 0.3) is 0 Å². The minimum atomic E-state index is -0.0565. The largest absolute Gasteiger partial charge is 0.393 e. The fraction of sp³-hybridized carbons (Fsp3) is 0.913. The second kappa shape index (κ2) is 6.90. The zero-order chi connectivity index (χ0) is 18.5. The van der Waals surface area contributed by atoms with Crippen LogP contribution < -0.4 is 0 Å². The van der Waals surface area contributed by atoms with Crippen LogP contribution in [-0.4, -0.2) is 49.5 Å². The second-order valence-electron chi connectivity index (χ2n) is 10.4. The molecule has 0 radical (unpaired) electrons. The van der Waals surface area contributed by atoms with Crippen molar-refractivity contribution in [2.75, 3.05) is 27.2 Å². The summed E-state index contributed by atoms with van der Waals surface area (Å²) in [5.41, 5.74) is 2.28. The van der Waals surface area contributed by atoms with E-state index in [1.54, 1.807) is 5.57 Å². The lowest BCUT2D eigenvalue weighted by atomic mass is 9.47. The summed E-state index contributed by atoms with van der Waals surface area (Å²) in [6.45, 7) is 6.78. The first-order valence-electron chi connectivity index (χ1n) is 11.0. The van der Waals surface area contributed by atoms with Crippen molar-refractivity contribution in [1.29, 1.82) is 0 Å². The molecule has 26 heavy (non-hydrogen) atoms. The number of ether oxygens (including phenoxy) is 1. The van der Waals surface area contributed by atoms with Gasteiger partial charge in [0.2, 0.25) is 0 Å². The fourth-order valence-electron chi connectivity index (χ4n) is 7.19. The van der Waals surface area contributed by atoms with Crippen LogP contribution in [-0.2, 0) is 4.74 Å². The molecule has 3 fully saturated rings. The zero-order valence-electron chi connectivity index (χ0n) is 17.3. The number of aliphatic hydroxyl groups excluding tert-OH is 1. The van der Waals surface area contributed by atoms with Crippen molar-refractivity contribution < 1.29 is 9.84 Å². The Labute approximate surface area is 160 Å². The Bertz CT molecular complexity index is 558. The Kier molecular flexibility index (Phi) is 5.03. The highest BCUT2D eigenvalue weighted by Crippen LogP contribution is 2.65. The van der Waals surface area contributed by atoms with Gasteiger partial charge in [0.15, 0.2) is 0 Å². The molecular weight excluding hydrogens is 322 g/mol. The van der Waals surface area contributed by atoms with Crippen molar-refractivity contribution >= 4 is 0 Å². The van der Waals surface area contributed by atoms with Crippen LogP contribution in [0.2, 0.25) is 0 Å². The molecule has 148 valence electrons. The lowest BCUT2D eigenvalue weighted by molar-refractivity contribution is -0.0780. The molecule has 0 bridgehead atoms. The highest BCUT2D eigenvalue weighted by atomic mass is 16.5. The Morgan fingerprint density at radius 1 is 1.08 bits per heavy atom. The minimum absolute atomic E-state index is 0.0565. The topological polar surface area (TPSA) is 32.7 Å². The van der Waals surface area contributed by atoms with Crippen LogP contribution in [0.1, 0.15) is 65.2 Å². The van der Waals surface area contributed by atoms with Gasteiger partial charge in [0.25, 0.3) is 0 Å². The number of aliphatic hydroxyl groups is 1. The fourth-order valence-corrected chi connectivity index (χ4v) is 7.19. The summed E-state index contributed by atoms with van der Waals surface area (Å²) in [7, 11) is 4.22. The van der Waals surface area contributed by atoms with Gasteiger partial charge in [0.05, 0.1) is 18.8 Å². The number of rotatable bonds is 4. The Hall–Kier alpha value is -0.380. The first-order chi connectivity index (χ1) is 12.3. The lowest BCUT2D eigenvalue weighted by Gasteiger charge is -2.58. The van der Waals surface area contributed by atoms with Gasteiger partial charge in [-0.2, -0.15) is 0 Å². The van der Waals surface area contributed by atoms with Crippen molar-refractivity contribution in [1.82, 2.24) is 4.90 Å². The van der Waals surface area contributed by atoms with Crippen LogP contribution in [0.4, 0.5) is 0 Å². The molecule has 4 aliphatic rings. The van der Waals surface area contributed by atoms with Gasteiger partial charge in [-0.25, -0.2) is 0 Å². The van der Waals surface area contributed by atoms with Gasteiger partial charge in [-0.3, -0.25) is 0 Å². The molecule has 0 heterocycles. The van der Waals surface area contributed by atoms with Crippen LogP contribution in [0.3, 0.4) is 0 Å². The normalized spacial score (nSPS) is 47.9. The first kappa shape index (κ1) is 19.0. The van der Waals surface area contributed by atoms with E-state index < -0.39 is 0 Å². The van der Waals surface area contributed by atoms with Crippen LogP contribution in [0.5, 0.6) is 0 Å². The van der Waals surface area contributed by atoms with E-state index in [1.807, 2.05) is 0 Å². The molecule has 0 amide bonds. The standard InChI is InChI=1S/C23H39NO2/c1-22-11-9-17(26-14-13-24(3)4)15-16(22)5-6-18-19-7-8-21(25)23(19,2)12-10-20(18)22/h15,17-21,25H,5-14H2,1-4H3/t17-,18?,19?,20?,21-,22-,23-/m0/s1. The maximum atomic E-state index is 10.6. The molecule has 3 saturated carbocycles. The number of allylic oxidation sites excluding steroid dienone is 1. The maximum absolute atomic E-state index is 10.6. The van der Waals surface area contributed by atoms with Crippen molar-refractivity contribution in [2.45, 2.75) is 77.4 Å². The van der Waals surface area contributed by atoms with Crippen LogP contribution in [0, 0.1) is 28.6 Å². The number of likely N-dealkylation sites (N-methyl/N-ethyl adjacent to an activating group) is 1. The van der Waals surface area contributed by atoms with Crippen LogP contribution >= 0.6 is 0 Å². The number of hydrogen-bond donors (Lipinski definition) is 1. The molecule has 1 N–H and O–H groups in total. The summed E-state index contributed by atoms with van der Waals surface area (Å²) in [5.74, 6) is 2.41. The Morgan fingerprint density at radius 3 is 2.65 bits per heavy atom. The summed E-state index contributed by atoms with van der Waals surface area (Å²) in [6, 6.07) is 0. The van der Waals surface area contributed by atoms with Crippen molar-refractivity contribution in [2.24, 2.45) is 28.6 Å². The molecule has 7 atom stereocenters. The minimum Gasteiger partial charge on any atom is -0.393 e. The highest BCUT2D eigenvalue weighted by Gasteiger charge is 2.58. The maximum Gasteiger partial charge on any atom is 0.0759 e. The van der Waals surface area contributed by atoms with Crippen molar-refractivity contribution in [3.63, 3.8) is 0 Å². The highest BCUT2D eigenvalue weighted by molar-refractivity contribution is 5.25. The number of fused-ring (bicyclic) bond motifs is 5. The monoisotopic (exact) mass is 361 g/mol. The van der Waals surface area contributed by atoms with E-state index >= 15 is 0 Å². The second-order valence-corrected chi connectivity index (χ2v) is 10.4. The third-order valence-electron chi connectivity index (χ3n) is 8.89. The van der Waals surface area contributed by atoms with Crippen molar-refractivity contribution in [3.8, 4) is 0 Å².